The molecule has 0 atom stereocenters. The molecule has 2 aromatic carbocycles. The lowest BCUT2D eigenvalue weighted by Crippen LogP contribution is -2.13. The third kappa shape index (κ3) is 4.08. The zero-order chi connectivity index (χ0) is 14.4. The van der Waals surface area contributed by atoms with Crippen LogP contribution >= 0.6 is 0 Å². The van der Waals surface area contributed by atoms with Gasteiger partial charge in [0.05, 0.1) is 6.61 Å². The van der Waals surface area contributed by atoms with Gasteiger partial charge in [-0.2, -0.15) is 0 Å². The number of methoxy groups -OCH3 is 1. The first-order valence-electron chi connectivity index (χ1n) is 6.75. The molecule has 0 heterocycles. The molecule has 0 radical (unpaired) electrons. The van der Waals surface area contributed by atoms with E-state index in [0.29, 0.717) is 18.9 Å². The number of benzene rings is 2. The molecule has 0 saturated heterocycles. The van der Waals surface area contributed by atoms with Gasteiger partial charge in [-0.1, -0.05) is 42.0 Å². The molecule has 20 heavy (non-hydrogen) atoms. The Morgan fingerprint density at radius 2 is 1.85 bits per heavy atom. The van der Waals surface area contributed by atoms with Crippen LogP contribution in [0.1, 0.15) is 22.3 Å². The molecular formula is C17H21NO2. The monoisotopic (exact) mass is 271 g/mol. The van der Waals surface area contributed by atoms with Gasteiger partial charge in [0.15, 0.2) is 0 Å². The molecule has 0 aliphatic carbocycles. The Labute approximate surface area is 120 Å². The first-order valence-corrected chi connectivity index (χ1v) is 6.75. The van der Waals surface area contributed by atoms with E-state index >= 15 is 0 Å². The van der Waals surface area contributed by atoms with Crippen molar-refractivity contribution in [3.05, 3.63) is 64.7 Å². The van der Waals surface area contributed by atoms with Crippen LogP contribution in [0.4, 0.5) is 0 Å². The van der Waals surface area contributed by atoms with Crippen molar-refractivity contribution in [2.45, 2.75) is 26.6 Å². The Morgan fingerprint density at radius 1 is 1.05 bits per heavy atom. The quantitative estimate of drug-likeness (QED) is 0.848. The second kappa shape index (κ2) is 7.08. The Balaban J connectivity index is 1.92. The average Bonchev–Trinajstić information content (AvgIpc) is 2.43. The minimum Gasteiger partial charge on any atom is -0.508 e. The van der Waals surface area contributed by atoms with E-state index in [1.54, 1.807) is 13.2 Å². The van der Waals surface area contributed by atoms with E-state index in [2.05, 4.69) is 23.5 Å². The third-order valence-electron chi connectivity index (χ3n) is 3.18. The second-order valence-electron chi connectivity index (χ2n) is 4.99. The number of ether oxygens (including phenoxy) is 1. The molecule has 0 aliphatic rings. The van der Waals surface area contributed by atoms with Crippen molar-refractivity contribution < 1.29 is 9.84 Å². The van der Waals surface area contributed by atoms with Crippen LogP contribution < -0.4 is 5.32 Å². The Kier molecular flexibility index (Phi) is 5.16. The molecule has 0 saturated carbocycles. The molecule has 2 N–H and O–H groups in total. The highest BCUT2D eigenvalue weighted by Crippen LogP contribution is 2.18. The lowest BCUT2D eigenvalue weighted by Gasteiger charge is -2.09. The van der Waals surface area contributed by atoms with E-state index in [9.17, 15) is 5.11 Å². The van der Waals surface area contributed by atoms with E-state index in [-0.39, 0.29) is 0 Å². The number of phenols is 1. The van der Waals surface area contributed by atoms with Crippen LogP contribution in [0.2, 0.25) is 0 Å². The maximum Gasteiger partial charge on any atom is 0.120 e. The maximum absolute atomic E-state index is 9.79. The number of hydrogen-bond donors (Lipinski definition) is 2. The summed E-state index contributed by atoms with van der Waals surface area (Å²) in [6, 6.07) is 14.0. The fourth-order valence-corrected chi connectivity index (χ4v) is 2.19. The van der Waals surface area contributed by atoms with Crippen LogP contribution in [0.5, 0.6) is 5.75 Å². The normalized spacial score (nSPS) is 10.7. The first-order chi connectivity index (χ1) is 9.69. The molecule has 3 heteroatoms. The average molecular weight is 271 g/mol. The Bertz CT molecular complexity index is 567. The Hall–Kier alpha value is -1.84. The van der Waals surface area contributed by atoms with Gasteiger partial charge in [-0.3, -0.25) is 0 Å². The lowest BCUT2D eigenvalue weighted by molar-refractivity contribution is 0.185. The van der Waals surface area contributed by atoms with Gasteiger partial charge < -0.3 is 15.2 Å². The van der Waals surface area contributed by atoms with Crippen LogP contribution in [0.25, 0.3) is 0 Å². The van der Waals surface area contributed by atoms with E-state index in [0.717, 1.165) is 17.7 Å². The fraction of sp³-hybridized carbons (Fsp3) is 0.294. The molecule has 0 aromatic heterocycles. The number of hydrogen-bond acceptors (Lipinski definition) is 3. The molecule has 106 valence electrons. The first kappa shape index (κ1) is 14.6. The summed E-state index contributed by atoms with van der Waals surface area (Å²) in [6.07, 6.45) is 0. The van der Waals surface area contributed by atoms with Crippen LogP contribution in [0, 0.1) is 6.92 Å². The maximum atomic E-state index is 9.79. The number of rotatable bonds is 6. The largest absolute Gasteiger partial charge is 0.508 e. The van der Waals surface area contributed by atoms with Gasteiger partial charge in [0.1, 0.15) is 5.75 Å². The van der Waals surface area contributed by atoms with Crippen LogP contribution in [0.3, 0.4) is 0 Å². The van der Waals surface area contributed by atoms with Gasteiger partial charge in [-0.15, -0.1) is 0 Å². The van der Waals surface area contributed by atoms with E-state index in [4.69, 9.17) is 4.74 Å². The summed E-state index contributed by atoms with van der Waals surface area (Å²) in [7, 11) is 1.70. The van der Waals surface area contributed by atoms with Gasteiger partial charge in [0, 0.05) is 25.8 Å². The van der Waals surface area contributed by atoms with Crippen molar-refractivity contribution in [1.82, 2.24) is 5.32 Å². The van der Waals surface area contributed by atoms with Gasteiger partial charge in [-0.05, 0) is 24.1 Å². The minimum absolute atomic E-state index is 0.344. The number of aryl methyl sites for hydroxylation is 1. The lowest BCUT2D eigenvalue weighted by atomic mass is 10.1. The zero-order valence-electron chi connectivity index (χ0n) is 12.0. The molecule has 2 rings (SSSR count). The summed E-state index contributed by atoms with van der Waals surface area (Å²) in [5, 5.41) is 13.1. The zero-order valence-corrected chi connectivity index (χ0v) is 12.0. The van der Waals surface area contributed by atoms with Gasteiger partial charge >= 0.3 is 0 Å². The molecular weight excluding hydrogens is 250 g/mol. The predicted octanol–water partition coefficient (Wildman–Crippen LogP) is 3.14. The van der Waals surface area contributed by atoms with Crippen molar-refractivity contribution in [1.29, 1.82) is 0 Å². The SMILES string of the molecule is COCc1cccc(CNCc2cc(C)ccc2O)c1. The van der Waals surface area contributed by atoms with Crippen LogP contribution in [0.15, 0.2) is 42.5 Å². The summed E-state index contributed by atoms with van der Waals surface area (Å²) >= 11 is 0. The van der Waals surface area contributed by atoms with Crippen LogP contribution in [-0.4, -0.2) is 12.2 Å². The summed E-state index contributed by atoms with van der Waals surface area (Å²) in [5.41, 5.74) is 4.47. The highest BCUT2D eigenvalue weighted by molar-refractivity contribution is 5.35. The molecule has 2 aromatic rings. The van der Waals surface area contributed by atoms with Crippen molar-refractivity contribution in [3.8, 4) is 5.75 Å². The number of nitrogens with one attached hydrogen (secondary N) is 1. The van der Waals surface area contributed by atoms with Crippen molar-refractivity contribution in [3.63, 3.8) is 0 Å². The van der Waals surface area contributed by atoms with E-state index in [1.807, 2.05) is 25.1 Å². The summed E-state index contributed by atoms with van der Waals surface area (Å²) in [6.45, 7) is 4.08. The second-order valence-corrected chi connectivity index (χ2v) is 4.99. The topological polar surface area (TPSA) is 41.5 Å². The molecule has 0 fully saturated rings. The Morgan fingerprint density at radius 3 is 2.65 bits per heavy atom. The fourth-order valence-electron chi connectivity index (χ4n) is 2.19. The molecule has 0 aliphatic heterocycles. The van der Waals surface area contributed by atoms with Crippen molar-refractivity contribution >= 4 is 0 Å². The summed E-state index contributed by atoms with van der Waals surface area (Å²) in [4.78, 5) is 0. The molecule has 0 spiro atoms. The van der Waals surface area contributed by atoms with E-state index in [1.165, 1.54) is 11.1 Å². The van der Waals surface area contributed by atoms with Gasteiger partial charge in [0.2, 0.25) is 0 Å². The smallest absolute Gasteiger partial charge is 0.120 e. The highest BCUT2D eigenvalue weighted by atomic mass is 16.5. The molecule has 0 bridgehead atoms. The molecule has 0 amide bonds. The minimum atomic E-state index is 0.344. The van der Waals surface area contributed by atoms with Crippen LogP contribution in [-0.2, 0) is 24.4 Å². The van der Waals surface area contributed by atoms with Gasteiger partial charge in [-0.25, -0.2) is 0 Å². The van der Waals surface area contributed by atoms with Gasteiger partial charge in [0.25, 0.3) is 0 Å². The predicted molar refractivity (Wildman–Crippen MR) is 80.5 cm³/mol. The summed E-state index contributed by atoms with van der Waals surface area (Å²) in [5.74, 6) is 0.344. The third-order valence-corrected chi connectivity index (χ3v) is 3.18. The molecule has 3 nitrogen and oxygen atoms in total. The van der Waals surface area contributed by atoms with Crippen molar-refractivity contribution in [2.75, 3.05) is 7.11 Å². The number of aromatic hydroxyl groups is 1. The van der Waals surface area contributed by atoms with E-state index < -0.39 is 0 Å². The standard InChI is InChI=1S/C17H21NO2/c1-13-6-7-17(19)16(8-13)11-18-10-14-4-3-5-15(9-14)12-20-2/h3-9,18-19H,10-12H2,1-2H3. The molecule has 0 unspecified atom stereocenters. The number of phenolic OH excluding ortho intramolecular Hbond substituents is 1. The summed E-state index contributed by atoms with van der Waals surface area (Å²) < 4.78 is 5.13. The highest BCUT2D eigenvalue weighted by Gasteiger charge is 2.01. The van der Waals surface area contributed by atoms with Crippen molar-refractivity contribution in [2.24, 2.45) is 0 Å².